The van der Waals surface area contributed by atoms with Gasteiger partial charge in [0.2, 0.25) is 11.7 Å². The predicted octanol–water partition coefficient (Wildman–Crippen LogP) is 2.67. The average molecular weight is 372 g/mol. The average Bonchev–Trinajstić information content (AvgIpc) is 3.15. The molecule has 0 saturated carbocycles. The van der Waals surface area contributed by atoms with Gasteiger partial charge in [-0.15, -0.1) is 0 Å². The van der Waals surface area contributed by atoms with Crippen LogP contribution in [0, 0.1) is 0 Å². The summed E-state index contributed by atoms with van der Waals surface area (Å²) in [5, 5.41) is 13.1. The van der Waals surface area contributed by atoms with Crippen LogP contribution in [-0.2, 0) is 17.8 Å². The molecule has 7 nitrogen and oxygen atoms in total. The molecule has 0 atom stereocenters. The van der Waals surface area contributed by atoms with E-state index >= 15 is 0 Å². The van der Waals surface area contributed by atoms with Gasteiger partial charge in [-0.25, -0.2) is 0 Å². The molecule has 1 saturated heterocycles. The fraction of sp³-hybridized carbons (Fsp3) is 0.550. The number of likely N-dealkylation sites (tertiary alicyclic amines) is 1. The number of rotatable bonds is 8. The molecule has 0 spiro atoms. The Labute approximate surface area is 160 Å². The summed E-state index contributed by atoms with van der Waals surface area (Å²) in [6.07, 6.45) is 2.93. The number of aromatic nitrogens is 2. The van der Waals surface area contributed by atoms with Crippen molar-refractivity contribution >= 4 is 5.97 Å². The number of aryl methyl sites for hydroxylation is 1. The molecule has 3 rings (SSSR count). The van der Waals surface area contributed by atoms with Crippen molar-refractivity contribution in [2.45, 2.75) is 45.7 Å². The largest absolute Gasteiger partial charge is 0.480 e. The Kier molecular flexibility index (Phi) is 6.58. The fourth-order valence-corrected chi connectivity index (χ4v) is 3.63. The zero-order valence-corrected chi connectivity index (χ0v) is 16.1. The van der Waals surface area contributed by atoms with E-state index in [1.807, 2.05) is 24.0 Å². The number of aliphatic carboxylic acids is 1. The van der Waals surface area contributed by atoms with Crippen LogP contribution < -0.4 is 0 Å². The summed E-state index contributed by atoms with van der Waals surface area (Å²) in [7, 11) is 0. The van der Waals surface area contributed by atoms with Gasteiger partial charge in [-0.1, -0.05) is 43.3 Å². The van der Waals surface area contributed by atoms with Gasteiger partial charge in [0, 0.05) is 24.7 Å². The second-order valence-corrected chi connectivity index (χ2v) is 7.03. The molecule has 0 bridgehead atoms. The Hall–Kier alpha value is -2.25. The molecule has 7 heteroatoms. The summed E-state index contributed by atoms with van der Waals surface area (Å²) in [4.78, 5) is 19.9. The van der Waals surface area contributed by atoms with Gasteiger partial charge in [0.05, 0.1) is 13.1 Å². The Morgan fingerprint density at radius 2 is 1.96 bits per heavy atom. The van der Waals surface area contributed by atoms with Crippen molar-refractivity contribution in [2.75, 3.05) is 26.2 Å². The van der Waals surface area contributed by atoms with Crippen LogP contribution in [0.15, 0.2) is 28.8 Å². The van der Waals surface area contributed by atoms with Gasteiger partial charge >= 0.3 is 5.97 Å². The van der Waals surface area contributed by atoms with Crippen LogP contribution in [0.4, 0.5) is 0 Å². The number of nitrogens with zero attached hydrogens (tertiary/aromatic N) is 4. The van der Waals surface area contributed by atoms with E-state index in [0.29, 0.717) is 24.3 Å². The Morgan fingerprint density at radius 3 is 2.56 bits per heavy atom. The van der Waals surface area contributed by atoms with Crippen LogP contribution in [-0.4, -0.2) is 63.2 Å². The molecule has 1 fully saturated rings. The summed E-state index contributed by atoms with van der Waals surface area (Å²) in [5.41, 5.74) is 2.25. The van der Waals surface area contributed by atoms with Gasteiger partial charge in [0.15, 0.2) is 0 Å². The number of likely N-dealkylation sites (N-methyl/N-ethyl adjacent to an activating group) is 1. The minimum absolute atomic E-state index is 0.116. The summed E-state index contributed by atoms with van der Waals surface area (Å²) in [6.45, 7) is 7.48. The van der Waals surface area contributed by atoms with Crippen molar-refractivity contribution in [3.8, 4) is 11.4 Å². The lowest BCUT2D eigenvalue weighted by molar-refractivity contribution is -0.139. The Balaban J connectivity index is 1.53. The highest BCUT2D eigenvalue weighted by Gasteiger charge is 2.26. The third kappa shape index (κ3) is 5.14. The first kappa shape index (κ1) is 19.5. The van der Waals surface area contributed by atoms with Crippen molar-refractivity contribution in [2.24, 2.45) is 0 Å². The molecular formula is C20H28N4O3. The van der Waals surface area contributed by atoms with E-state index in [4.69, 9.17) is 9.63 Å². The monoisotopic (exact) mass is 372 g/mol. The fourth-order valence-electron chi connectivity index (χ4n) is 3.63. The molecule has 0 unspecified atom stereocenters. The van der Waals surface area contributed by atoms with E-state index in [-0.39, 0.29) is 6.54 Å². The van der Waals surface area contributed by atoms with Crippen LogP contribution in [0.2, 0.25) is 0 Å². The summed E-state index contributed by atoms with van der Waals surface area (Å²) in [6, 6.07) is 8.57. The smallest absolute Gasteiger partial charge is 0.317 e. The lowest BCUT2D eigenvalue weighted by Crippen LogP contribution is -2.46. The molecule has 146 valence electrons. The van der Waals surface area contributed by atoms with Crippen molar-refractivity contribution in [3.05, 3.63) is 35.7 Å². The molecule has 1 aliphatic heterocycles. The number of piperidine rings is 1. The number of benzene rings is 1. The normalized spacial score (nSPS) is 16.1. The van der Waals surface area contributed by atoms with E-state index in [1.54, 1.807) is 0 Å². The van der Waals surface area contributed by atoms with Gasteiger partial charge in [0.1, 0.15) is 0 Å². The number of carboxylic acid groups (broad SMARTS) is 1. The van der Waals surface area contributed by atoms with Crippen LogP contribution in [0.3, 0.4) is 0 Å². The quantitative estimate of drug-likeness (QED) is 0.763. The molecule has 0 amide bonds. The lowest BCUT2D eigenvalue weighted by Gasteiger charge is -2.36. The number of hydrogen-bond acceptors (Lipinski definition) is 6. The number of hydrogen-bond donors (Lipinski definition) is 1. The Morgan fingerprint density at radius 1 is 1.26 bits per heavy atom. The summed E-state index contributed by atoms with van der Waals surface area (Å²) >= 11 is 0. The maximum atomic E-state index is 11.0. The summed E-state index contributed by atoms with van der Waals surface area (Å²) < 4.78 is 5.44. The molecule has 2 aromatic rings. The highest BCUT2D eigenvalue weighted by atomic mass is 16.5. The molecule has 1 aromatic heterocycles. The number of carbonyl (C=O) groups is 1. The molecule has 1 N–H and O–H groups in total. The first-order chi connectivity index (χ1) is 13.1. The van der Waals surface area contributed by atoms with Crippen molar-refractivity contribution in [1.29, 1.82) is 0 Å². The molecule has 27 heavy (non-hydrogen) atoms. The van der Waals surface area contributed by atoms with E-state index in [0.717, 1.165) is 44.5 Å². The third-order valence-corrected chi connectivity index (χ3v) is 5.27. The van der Waals surface area contributed by atoms with E-state index < -0.39 is 5.97 Å². The Bertz CT molecular complexity index is 736. The van der Waals surface area contributed by atoms with Gasteiger partial charge in [-0.3, -0.25) is 14.6 Å². The SMILES string of the molecule is CCc1ccc(-c2noc(CN3CCC(N(CC)CC(=O)O)CC3)n2)cc1. The molecule has 1 aromatic carbocycles. The van der Waals surface area contributed by atoms with Gasteiger partial charge in [-0.05, 0) is 31.4 Å². The predicted molar refractivity (Wildman–Crippen MR) is 102 cm³/mol. The lowest BCUT2D eigenvalue weighted by atomic mass is 10.0. The molecular weight excluding hydrogens is 344 g/mol. The first-order valence-corrected chi connectivity index (χ1v) is 9.69. The number of carboxylic acids is 1. The maximum Gasteiger partial charge on any atom is 0.317 e. The molecule has 1 aliphatic rings. The second-order valence-electron chi connectivity index (χ2n) is 7.03. The van der Waals surface area contributed by atoms with E-state index in [9.17, 15) is 4.79 Å². The van der Waals surface area contributed by atoms with Crippen LogP contribution >= 0.6 is 0 Å². The summed E-state index contributed by atoms with van der Waals surface area (Å²) in [5.74, 6) is 0.492. The maximum absolute atomic E-state index is 11.0. The molecule has 0 radical (unpaired) electrons. The molecule has 2 heterocycles. The minimum atomic E-state index is -0.760. The van der Waals surface area contributed by atoms with Crippen molar-refractivity contribution in [1.82, 2.24) is 19.9 Å². The van der Waals surface area contributed by atoms with Crippen LogP contribution in [0.5, 0.6) is 0 Å². The highest BCUT2D eigenvalue weighted by Crippen LogP contribution is 2.20. The second kappa shape index (κ2) is 9.10. The van der Waals surface area contributed by atoms with Crippen molar-refractivity contribution < 1.29 is 14.4 Å². The van der Waals surface area contributed by atoms with Crippen LogP contribution in [0.25, 0.3) is 11.4 Å². The van der Waals surface area contributed by atoms with Gasteiger partial charge in [-0.2, -0.15) is 4.98 Å². The standard InChI is InChI=1S/C20H28N4O3/c1-3-15-5-7-16(8-6-15)20-21-18(27-22-20)13-23-11-9-17(10-12-23)24(4-2)14-19(25)26/h5-8,17H,3-4,9-14H2,1-2H3,(H,25,26). The zero-order chi connectivity index (χ0) is 19.2. The zero-order valence-electron chi connectivity index (χ0n) is 16.1. The van der Waals surface area contributed by atoms with E-state index in [2.05, 4.69) is 34.1 Å². The van der Waals surface area contributed by atoms with Crippen molar-refractivity contribution in [3.63, 3.8) is 0 Å². The minimum Gasteiger partial charge on any atom is -0.480 e. The topological polar surface area (TPSA) is 82.7 Å². The molecule has 0 aliphatic carbocycles. The van der Waals surface area contributed by atoms with Gasteiger partial charge < -0.3 is 9.63 Å². The first-order valence-electron chi connectivity index (χ1n) is 9.69. The third-order valence-electron chi connectivity index (χ3n) is 5.27. The van der Waals surface area contributed by atoms with Gasteiger partial charge in [0.25, 0.3) is 0 Å². The van der Waals surface area contributed by atoms with E-state index in [1.165, 1.54) is 5.56 Å². The van der Waals surface area contributed by atoms with Crippen LogP contribution in [0.1, 0.15) is 38.1 Å². The highest BCUT2D eigenvalue weighted by molar-refractivity contribution is 5.69.